The number of carbonyl (C=O) groups excluding carboxylic acids is 1. The van der Waals surface area contributed by atoms with Crippen LogP contribution < -0.4 is 10.6 Å². The van der Waals surface area contributed by atoms with Crippen molar-refractivity contribution in [2.45, 2.75) is 45.4 Å². The number of ether oxygens (including phenoxy) is 1. The summed E-state index contributed by atoms with van der Waals surface area (Å²) in [7, 11) is 3.21. The second-order valence-corrected chi connectivity index (χ2v) is 4.17. The highest BCUT2D eigenvalue weighted by Gasteiger charge is 1.99. The van der Waals surface area contributed by atoms with Crippen molar-refractivity contribution in [1.29, 1.82) is 0 Å². The van der Waals surface area contributed by atoms with Gasteiger partial charge in [0, 0.05) is 26.6 Å². The molecule has 0 aromatic heterocycles. The maximum Gasteiger partial charge on any atom is 0.305 e. The minimum Gasteiger partial charge on any atom is -0.469 e. The molecule has 0 heterocycles. The van der Waals surface area contributed by atoms with E-state index in [1.165, 1.54) is 7.11 Å². The molecule has 0 aromatic carbocycles. The van der Waals surface area contributed by atoms with Gasteiger partial charge in [0.2, 0.25) is 0 Å². The van der Waals surface area contributed by atoms with Crippen LogP contribution in [-0.4, -0.2) is 39.2 Å². The number of unbranched alkanes of at least 4 members (excludes halogenated alkanes) is 3. The lowest BCUT2D eigenvalue weighted by Gasteiger charge is -2.10. The van der Waals surface area contributed by atoms with Gasteiger partial charge in [-0.1, -0.05) is 19.8 Å². The Morgan fingerprint density at radius 1 is 1.11 bits per heavy atom. The van der Waals surface area contributed by atoms with Crippen molar-refractivity contribution >= 4 is 11.9 Å². The summed E-state index contributed by atoms with van der Waals surface area (Å²) in [6.07, 6.45) is 5.81. The second kappa shape index (κ2) is 12.2. The Kier molecular flexibility index (Phi) is 11.3. The topological polar surface area (TPSA) is 62.7 Å². The van der Waals surface area contributed by atoms with Crippen molar-refractivity contribution in [3.05, 3.63) is 0 Å². The first-order valence-corrected chi connectivity index (χ1v) is 6.76. The summed E-state index contributed by atoms with van der Waals surface area (Å²) >= 11 is 0. The number of hydrogen-bond donors (Lipinski definition) is 2. The summed E-state index contributed by atoms with van der Waals surface area (Å²) in [6.45, 7) is 3.99. The first kappa shape index (κ1) is 16.7. The molecule has 0 aliphatic rings. The van der Waals surface area contributed by atoms with Crippen molar-refractivity contribution in [2.75, 3.05) is 27.2 Å². The Labute approximate surface area is 110 Å². The van der Waals surface area contributed by atoms with E-state index in [1.54, 1.807) is 7.05 Å². The molecular weight excluding hydrogens is 230 g/mol. The average Bonchev–Trinajstić information content (AvgIpc) is 2.40. The normalized spacial score (nSPS) is 11.2. The lowest BCUT2D eigenvalue weighted by molar-refractivity contribution is -0.140. The van der Waals surface area contributed by atoms with Crippen molar-refractivity contribution in [1.82, 2.24) is 10.6 Å². The van der Waals surface area contributed by atoms with E-state index in [0.717, 1.165) is 51.2 Å². The number of rotatable bonds is 9. The zero-order chi connectivity index (χ0) is 13.6. The number of carbonyl (C=O) groups is 1. The summed E-state index contributed by atoms with van der Waals surface area (Å²) in [6, 6.07) is 0. The molecule has 5 heteroatoms. The van der Waals surface area contributed by atoms with Gasteiger partial charge < -0.3 is 15.4 Å². The fraction of sp³-hybridized carbons (Fsp3) is 0.846. The monoisotopic (exact) mass is 257 g/mol. The number of methoxy groups -OCH3 is 1. The molecule has 0 radical (unpaired) electrons. The summed E-state index contributed by atoms with van der Waals surface area (Å²) in [5, 5.41) is 6.48. The molecule has 18 heavy (non-hydrogen) atoms. The summed E-state index contributed by atoms with van der Waals surface area (Å²) < 4.78 is 4.59. The van der Waals surface area contributed by atoms with Crippen LogP contribution in [0.1, 0.15) is 45.4 Å². The number of nitrogens with zero attached hydrogens (tertiary/aromatic N) is 1. The Hall–Kier alpha value is -1.26. The van der Waals surface area contributed by atoms with Crippen LogP contribution in [0.3, 0.4) is 0 Å². The number of aliphatic imine (C=N–C) groups is 1. The molecule has 0 aliphatic heterocycles. The molecular formula is C13H27N3O2. The molecule has 0 saturated heterocycles. The molecule has 0 atom stereocenters. The number of hydrogen-bond acceptors (Lipinski definition) is 3. The van der Waals surface area contributed by atoms with Crippen LogP contribution in [0.2, 0.25) is 0 Å². The van der Waals surface area contributed by atoms with Crippen molar-refractivity contribution in [2.24, 2.45) is 4.99 Å². The Balaban J connectivity index is 3.36. The maximum absolute atomic E-state index is 10.9. The van der Waals surface area contributed by atoms with E-state index in [-0.39, 0.29) is 5.97 Å². The van der Waals surface area contributed by atoms with E-state index in [2.05, 4.69) is 27.3 Å². The lowest BCUT2D eigenvalue weighted by Crippen LogP contribution is -2.38. The number of nitrogens with one attached hydrogen (secondary N) is 2. The van der Waals surface area contributed by atoms with Gasteiger partial charge in [-0.05, 0) is 19.3 Å². The molecule has 0 unspecified atom stereocenters. The van der Waals surface area contributed by atoms with Gasteiger partial charge in [-0.2, -0.15) is 0 Å². The van der Waals surface area contributed by atoms with Gasteiger partial charge in [0.25, 0.3) is 0 Å². The third-order valence-electron chi connectivity index (χ3n) is 2.59. The van der Waals surface area contributed by atoms with E-state index in [4.69, 9.17) is 0 Å². The van der Waals surface area contributed by atoms with E-state index in [1.807, 2.05) is 0 Å². The predicted octanol–water partition coefficient (Wildman–Crippen LogP) is 1.68. The molecule has 106 valence electrons. The quantitative estimate of drug-likeness (QED) is 0.285. The highest BCUT2D eigenvalue weighted by molar-refractivity contribution is 5.79. The van der Waals surface area contributed by atoms with Gasteiger partial charge in [-0.25, -0.2) is 0 Å². The Bertz CT molecular complexity index is 242. The molecule has 0 saturated carbocycles. The van der Waals surface area contributed by atoms with E-state index < -0.39 is 0 Å². The summed E-state index contributed by atoms with van der Waals surface area (Å²) in [5.41, 5.74) is 0. The second-order valence-electron chi connectivity index (χ2n) is 4.17. The van der Waals surface area contributed by atoms with Crippen LogP contribution in [0.15, 0.2) is 4.99 Å². The molecule has 5 nitrogen and oxygen atoms in total. The summed E-state index contributed by atoms with van der Waals surface area (Å²) in [4.78, 5) is 15.0. The Morgan fingerprint density at radius 2 is 1.78 bits per heavy atom. The van der Waals surface area contributed by atoms with Crippen LogP contribution in [0.25, 0.3) is 0 Å². The molecule has 2 N–H and O–H groups in total. The summed E-state index contributed by atoms with van der Waals surface area (Å²) in [5.74, 6) is 0.753. The predicted molar refractivity (Wildman–Crippen MR) is 74.8 cm³/mol. The van der Waals surface area contributed by atoms with Crippen LogP contribution in [-0.2, 0) is 9.53 Å². The highest BCUT2D eigenvalue weighted by Crippen LogP contribution is 2.03. The molecule has 0 rings (SSSR count). The zero-order valence-electron chi connectivity index (χ0n) is 11.9. The molecule has 0 spiro atoms. The van der Waals surface area contributed by atoms with Crippen molar-refractivity contribution in [3.8, 4) is 0 Å². The minimum atomic E-state index is -0.114. The number of esters is 1. The van der Waals surface area contributed by atoms with Gasteiger partial charge >= 0.3 is 5.97 Å². The standard InChI is InChI=1S/C13H27N3O2/c1-4-10-15-13(14-2)16-11-8-6-5-7-9-12(17)18-3/h4-11H2,1-3H3,(H2,14,15,16). The zero-order valence-corrected chi connectivity index (χ0v) is 11.9. The fourth-order valence-corrected chi connectivity index (χ4v) is 1.52. The Morgan fingerprint density at radius 3 is 2.39 bits per heavy atom. The average molecular weight is 257 g/mol. The van der Waals surface area contributed by atoms with Crippen LogP contribution in [0, 0.1) is 0 Å². The van der Waals surface area contributed by atoms with E-state index >= 15 is 0 Å². The fourth-order valence-electron chi connectivity index (χ4n) is 1.52. The SMILES string of the molecule is CCCNC(=NC)NCCCCCCC(=O)OC. The molecule has 0 amide bonds. The van der Waals surface area contributed by atoms with Gasteiger partial charge in [0.05, 0.1) is 7.11 Å². The first-order valence-electron chi connectivity index (χ1n) is 6.76. The smallest absolute Gasteiger partial charge is 0.305 e. The minimum absolute atomic E-state index is 0.114. The molecule has 0 fully saturated rings. The van der Waals surface area contributed by atoms with Crippen LogP contribution >= 0.6 is 0 Å². The van der Waals surface area contributed by atoms with Crippen LogP contribution in [0.5, 0.6) is 0 Å². The van der Waals surface area contributed by atoms with E-state index in [9.17, 15) is 4.79 Å². The first-order chi connectivity index (χ1) is 8.74. The lowest BCUT2D eigenvalue weighted by atomic mass is 10.1. The number of guanidine groups is 1. The van der Waals surface area contributed by atoms with Gasteiger partial charge in [-0.15, -0.1) is 0 Å². The van der Waals surface area contributed by atoms with Crippen molar-refractivity contribution in [3.63, 3.8) is 0 Å². The maximum atomic E-state index is 10.9. The molecule has 0 aliphatic carbocycles. The highest BCUT2D eigenvalue weighted by atomic mass is 16.5. The van der Waals surface area contributed by atoms with Gasteiger partial charge in [0.1, 0.15) is 0 Å². The molecule has 0 aromatic rings. The third kappa shape index (κ3) is 9.93. The van der Waals surface area contributed by atoms with Crippen LogP contribution in [0.4, 0.5) is 0 Å². The van der Waals surface area contributed by atoms with Gasteiger partial charge in [0.15, 0.2) is 5.96 Å². The van der Waals surface area contributed by atoms with E-state index in [0.29, 0.717) is 6.42 Å². The van der Waals surface area contributed by atoms with Gasteiger partial charge in [-0.3, -0.25) is 9.79 Å². The van der Waals surface area contributed by atoms with Crippen molar-refractivity contribution < 1.29 is 9.53 Å². The largest absolute Gasteiger partial charge is 0.469 e. The molecule has 0 bridgehead atoms. The third-order valence-corrected chi connectivity index (χ3v) is 2.59.